The zero-order chi connectivity index (χ0) is 15.3. The van der Waals surface area contributed by atoms with Gasteiger partial charge in [0.2, 0.25) is 0 Å². The van der Waals surface area contributed by atoms with Crippen molar-refractivity contribution in [1.82, 2.24) is 10.2 Å². The summed E-state index contributed by atoms with van der Waals surface area (Å²) in [6.07, 6.45) is -1.27. The normalized spacial score (nSPS) is 11.6. The number of benzene rings is 1. The second-order valence-corrected chi connectivity index (χ2v) is 4.42. The van der Waals surface area contributed by atoms with Crippen molar-refractivity contribution in [3.8, 4) is 5.75 Å². The fourth-order valence-electron chi connectivity index (χ4n) is 1.53. The molecular formula is C13H19N3O4. The van der Waals surface area contributed by atoms with Crippen LogP contribution in [0.25, 0.3) is 0 Å². The van der Waals surface area contributed by atoms with E-state index in [2.05, 4.69) is 5.32 Å². The average Bonchev–Trinajstić information content (AvgIpc) is 2.43. The summed E-state index contributed by atoms with van der Waals surface area (Å²) in [6.45, 7) is -0.164. The molecule has 2 amide bonds. The molecule has 7 heteroatoms. The summed E-state index contributed by atoms with van der Waals surface area (Å²) in [5.74, 6) is -0.503. The van der Waals surface area contributed by atoms with Gasteiger partial charge >= 0.3 is 0 Å². The van der Waals surface area contributed by atoms with Gasteiger partial charge in [-0.15, -0.1) is 0 Å². The summed E-state index contributed by atoms with van der Waals surface area (Å²) in [6, 6.07) is 4.58. The molecule has 7 nitrogen and oxygen atoms in total. The number of carbonyl (C=O) groups excluding carboxylic acids is 2. The standard InChI is InChI=1S/C13H19N3O4/c1-16(2)13(19)10(17)7-15-12(18)8-4-5-9(14)11(6-8)20-3/h4-6,10,17H,7,14H2,1-3H3,(H,15,18)/t10-/m0/s1. The molecule has 0 bridgehead atoms. The second kappa shape index (κ2) is 6.76. The van der Waals surface area contributed by atoms with Crippen molar-refractivity contribution in [3.63, 3.8) is 0 Å². The lowest BCUT2D eigenvalue weighted by Crippen LogP contribution is -2.42. The SMILES string of the molecule is COc1cc(C(=O)NC[C@H](O)C(=O)N(C)C)ccc1N. The summed E-state index contributed by atoms with van der Waals surface area (Å²) in [7, 11) is 4.50. The van der Waals surface area contributed by atoms with Gasteiger partial charge in [0.25, 0.3) is 11.8 Å². The highest BCUT2D eigenvalue weighted by Gasteiger charge is 2.18. The van der Waals surface area contributed by atoms with Crippen LogP contribution in [-0.2, 0) is 4.79 Å². The number of nitrogens with one attached hydrogen (secondary N) is 1. The zero-order valence-corrected chi connectivity index (χ0v) is 11.7. The van der Waals surface area contributed by atoms with Gasteiger partial charge in [-0.25, -0.2) is 0 Å². The molecule has 0 aliphatic heterocycles. The number of aliphatic hydroxyl groups excluding tert-OH is 1. The summed E-state index contributed by atoms with van der Waals surface area (Å²) in [5, 5.41) is 12.1. The molecule has 20 heavy (non-hydrogen) atoms. The molecule has 1 aromatic carbocycles. The number of likely N-dealkylation sites (N-methyl/N-ethyl adjacent to an activating group) is 1. The van der Waals surface area contributed by atoms with E-state index in [1.807, 2.05) is 0 Å². The van der Waals surface area contributed by atoms with Crippen LogP contribution in [0.5, 0.6) is 5.75 Å². The van der Waals surface area contributed by atoms with Gasteiger partial charge in [-0.2, -0.15) is 0 Å². The lowest BCUT2D eigenvalue weighted by Gasteiger charge is -2.16. The molecule has 0 aliphatic carbocycles. The Balaban J connectivity index is 2.66. The molecule has 0 unspecified atom stereocenters. The van der Waals surface area contributed by atoms with Gasteiger partial charge in [-0.1, -0.05) is 0 Å². The number of nitrogen functional groups attached to an aromatic ring is 1. The van der Waals surface area contributed by atoms with E-state index in [4.69, 9.17) is 10.5 Å². The first-order valence-electron chi connectivity index (χ1n) is 5.97. The molecule has 0 spiro atoms. The van der Waals surface area contributed by atoms with Crippen molar-refractivity contribution in [1.29, 1.82) is 0 Å². The molecule has 0 fully saturated rings. The molecule has 0 aliphatic rings. The topological polar surface area (TPSA) is 105 Å². The van der Waals surface area contributed by atoms with E-state index in [1.165, 1.54) is 38.2 Å². The highest BCUT2D eigenvalue weighted by Crippen LogP contribution is 2.21. The number of nitrogens with two attached hydrogens (primary N) is 1. The molecule has 0 aromatic heterocycles. The van der Waals surface area contributed by atoms with E-state index in [1.54, 1.807) is 6.07 Å². The Kier molecular flexibility index (Phi) is 5.33. The van der Waals surface area contributed by atoms with Crippen molar-refractivity contribution in [2.45, 2.75) is 6.10 Å². The number of carbonyl (C=O) groups is 2. The van der Waals surface area contributed by atoms with Crippen LogP contribution in [0.15, 0.2) is 18.2 Å². The summed E-state index contributed by atoms with van der Waals surface area (Å²) < 4.78 is 5.02. The Labute approximate surface area is 117 Å². The maximum Gasteiger partial charge on any atom is 0.252 e. The highest BCUT2D eigenvalue weighted by atomic mass is 16.5. The first-order valence-corrected chi connectivity index (χ1v) is 5.97. The highest BCUT2D eigenvalue weighted by molar-refractivity contribution is 5.95. The van der Waals surface area contributed by atoms with Crippen molar-refractivity contribution in [3.05, 3.63) is 23.8 Å². The number of hydrogen-bond donors (Lipinski definition) is 3. The van der Waals surface area contributed by atoms with E-state index in [0.717, 1.165) is 0 Å². The minimum Gasteiger partial charge on any atom is -0.495 e. The van der Waals surface area contributed by atoms with E-state index in [-0.39, 0.29) is 6.54 Å². The van der Waals surface area contributed by atoms with Crippen molar-refractivity contribution >= 4 is 17.5 Å². The number of anilines is 1. The molecule has 1 rings (SSSR count). The van der Waals surface area contributed by atoms with E-state index >= 15 is 0 Å². The Morgan fingerprint density at radius 1 is 1.45 bits per heavy atom. The van der Waals surface area contributed by atoms with Gasteiger partial charge in [0, 0.05) is 19.7 Å². The summed E-state index contributed by atoms with van der Waals surface area (Å²) in [4.78, 5) is 24.6. The van der Waals surface area contributed by atoms with Crippen LogP contribution in [0.1, 0.15) is 10.4 Å². The number of ether oxygens (including phenoxy) is 1. The summed E-state index contributed by atoms with van der Waals surface area (Å²) >= 11 is 0. The number of aliphatic hydroxyl groups is 1. The third-order valence-electron chi connectivity index (χ3n) is 2.68. The van der Waals surface area contributed by atoms with Crippen LogP contribution in [0.3, 0.4) is 0 Å². The van der Waals surface area contributed by atoms with Crippen LogP contribution < -0.4 is 15.8 Å². The van der Waals surface area contributed by atoms with Crippen LogP contribution >= 0.6 is 0 Å². The number of amides is 2. The Morgan fingerprint density at radius 3 is 2.65 bits per heavy atom. The fraction of sp³-hybridized carbons (Fsp3) is 0.385. The molecule has 0 heterocycles. The fourth-order valence-corrected chi connectivity index (χ4v) is 1.53. The number of hydrogen-bond acceptors (Lipinski definition) is 5. The third-order valence-corrected chi connectivity index (χ3v) is 2.68. The van der Waals surface area contributed by atoms with E-state index in [9.17, 15) is 14.7 Å². The Bertz CT molecular complexity index is 502. The lowest BCUT2D eigenvalue weighted by atomic mass is 10.1. The van der Waals surface area contributed by atoms with Crippen molar-refractivity contribution < 1.29 is 19.4 Å². The van der Waals surface area contributed by atoms with Gasteiger partial charge in [-0.3, -0.25) is 9.59 Å². The van der Waals surface area contributed by atoms with E-state index < -0.39 is 17.9 Å². The largest absolute Gasteiger partial charge is 0.495 e. The Morgan fingerprint density at radius 2 is 2.10 bits per heavy atom. The average molecular weight is 281 g/mol. The number of rotatable bonds is 5. The van der Waals surface area contributed by atoms with Crippen molar-refractivity contribution in [2.24, 2.45) is 0 Å². The van der Waals surface area contributed by atoms with Gasteiger partial charge in [0.15, 0.2) is 0 Å². The minimum absolute atomic E-state index is 0.164. The maximum absolute atomic E-state index is 11.9. The van der Waals surface area contributed by atoms with Crippen LogP contribution in [0.2, 0.25) is 0 Å². The number of nitrogens with zero attached hydrogens (tertiary/aromatic N) is 1. The maximum atomic E-state index is 11.9. The smallest absolute Gasteiger partial charge is 0.252 e. The van der Waals surface area contributed by atoms with Crippen LogP contribution in [0.4, 0.5) is 5.69 Å². The molecule has 4 N–H and O–H groups in total. The van der Waals surface area contributed by atoms with Gasteiger partial charge in [0.05, 0.1) is 19.3 Å². The minimum atomic E-state index is -1.27. The van der Waals surface area contributed by atoms with Crippen LogP contribution in [-0.4, -0.2) is 55.7 Å². The molecular weight excluding hydrogens is 262 g/mol. The quantitative estimate of drug-likeness (QED) is 0.628. The predicted octanol–water partition coefficient (Wildman–Crippen LogP) is -0.544. The number of methoxy groups -OCH3 is 1. The molecule has 1 atom stereocenters. The zero-order valence-electron chi connectivity index (χ0n) is 11.7. The molecule has 0 radical (unpaired) electrons. The molecule has 110 valence electrons. The van der Waals surface area contributed by atoms with Gasteiger partial charge < -0.3 is 25.8 Å². The van der Waals surface area contributed by atoms with Crippen molar-refractivity contribution in [2.75, 3.05) is 33.5 Å². The first kappa shape index (κ1) is 15.8. The second-order valence-electron chi connectivity index (χ2n) is 4.42. The molecule has 0 saturated heterocycles. The molecule has 0 saturated carbocycles. The summed E-state index contributed by atoms with van der Waals surface area (Å²) in [5.41, 5.74) is 6.41. The predicted molar refractivity (Wildman–Crippen MR) is 74.4 cm³/mol. The molecule has 1 aromatic rings. The third kappa shape index (κ3) is 3.86. The van der Waals surface area contributed by atoms with Gasteiger partial charge in [0.1, 0.15) is 11.9 Å². The van der Waals surface area contributed by atoms with Gasteiger partial charge in [-0.05, 0) is 18.2 Å². The van der Waals surface area contributed by atoms with E-state index in [0.29, 0.717) is 17.0 Å². The monoisotopic (exact) mass is 281 g/mol. The van der Waals surface area contributed by atoms with Crippen LogP contribution in [0, 0.1) is 0 Å². The first-order chi connectivity index (χ1) is 9.36. The lowest BCUT2D eigenvalue weighted by molar-refractivity contribution is -0.137. The Hall–Kier alpha value is -2.28.